The molecule has 0 spiro atoms. The third-order valence-electron chi connectivity index (χ3n) is 2.49. The molecule has 0 aliphatic carbocycles. The third-order valence-corrected chi connectivity index (χ3v) is 4.13. The molecule has 0 saturated carbocycles. The molecule has 0 unspecified atom stereocenters. The lowest BCUT2D eigenvalue weighted by atomic mass is 10.2. The first-order valence-corrected chi connectivity index (χ1v) is 6.23. The summed E-state index contributed by atoms with van der Waals surface area (Å²) < 4.78 is 13.8. The van der Waals surface area contributed by atoms with E-state index in [4.69, 9.17) is 11.6 Å². The number of aromatic nitrogens is 1. The van der Waals surface area contributed by atoms with E-state index in [1.807, 2.05) is 6.07 Å². The summed E-state index contributed by atoms with van der Waals surface area (Å²) in [7, 11) is 0. The molecule has 0 bridgehead atoms. The largest absolute Gasteiger partial charge is 0.255 e. The Hall–Kier alpha value is -1.45. The third kappa shape index (κ3) is 1.92. The fourth-order valence-electron chi connectivity index (χ4n) is 1.66. The standard InChI is InChI=1S/C13H7ClFNS/c14-10-5-6-16-11-7-12(17-13(10)11)8-1-3-9(15)4-2-8/h1-7H. The van der Waals surface area contributed by atoms with Gasteiger partial charge < -0.3 is 0 Å². The first-order chi connectivity index (χ1) is 8.24. The van der Waals surface area contributed by atoms with Crippen molar-refractivity contribution >= 4 is 33.2 Å². The average Bonchev–Trinajstić information content (AvgIpc) is 2.75. The summed E-state index contributed by atoms with van der Waals surface area (Å²) in [6.07, 6.45) is 1.69. The first-order valence-electron chi connectivity index (χ1n) is 5.04. The lowest BCUT2D eigenvalue weighted by Gasteiger charge is -1.95. The predicted molar refractivity (Wildman–Crippen MR) is 70.0 cm³/mol. The first kappa shape index (κ1) is 10.7. The average molecular weight is 264 g/mol. The maximum atomic E-state index is 12.8. The van der Waals surface area contributed by atoms with Crippen molar-refractivity contribution in [3.63, 3.8) is 0 Å². The Morgan fingerprint density at radius 1 is 1.12 bits per heavy atom. The fraction of sp³-hybridized carbons (Fsp3) is 0. The summed E-state index contributed by atoms with van der Waals surface area (Å²) in [6.45, 7) is 0. The minimum atomic E-state index is -0.231. The van der Waals surface area contributed by atoms with Crippen molar-refractivity contribution in [3.05, 3.63) is 53.4 Å². The van der Waals surface area contributed by atoms with Crippen LogP contribution in [0.5, 0.6) is 0 Å². The van der Waals surface area contributed by atoms with Crippen molar-refractivity contribution in [2.24, 2.45) is 0 Å². The second kappa shape index (κ2) is 4.09. The number of halogens is 2. The van der Waals surface area contributed by atoms with Crippen molar-refractivity contribution in [3.8, 4) is 10.4 Å². The Bertz CT molecular complexity index is 675. The number of rotatable bonds is 1. The molecule has 17 heavy (non-hydrogen) atoms. The van der Waals surface area contributed by atoms with Gasteiger partial charge in [0.25, 0.3) is 0 Å². The van der Waals surface area contributed by atoms with Gasteiger partial charge in [0.05, 0.1) is 15.2 Å². The molecular formula is C13H7ClFNS. The minimum Gasteiger partial charge on any atom is -0.255 e. The van der Waals surface area contributed by atoms with Crippen LogP contribution in [0.1, 0.15) is 0 Å². The Balaban J connectivity index is 2.18. The summed E-state index contributed by atoms with van der Waals surface area (Å²) in [5, 5.41) is 0.702. The van der Waals surface area contributed by atoms with Gasteiger partial charge in [-0.05, 0) is 29.8 Å². The highest BCUT2D eigenvalue weighted by molar-refractivity contribution is 7.22. The van der Waals surface area contributed by atoms with Crippen LogP contribution >= 0.6 is 22.9 Å². The molecule has 0 atom stereocenters. The molecule has 1 nitrogen and oxygen atoms in total. The zero-order chi connectivity index (χ0) is 11.8. The monoisotopic (exact) mass is 263 g/mol. The van der Waals surface area contributed by atoms with Crippen LogP contribution in [-0.4, -0.2) is 4.98 Å². The van der Waals surface area contributed by atoms with E-state index in [9.17, 15) is 4.39 Å². The van der Waals surface area contributed by atoms with E-state index in [0.29, 0.717) is 5.02 Å². The van der Waals surface area contributed by atoms with Crippen LogP contribution in [0.15, 0.2) is 42.6 Å². The minimum absolute atomic E-state index is 0.231. The number of hydrogen-bond acceptors (Lipinski definition) is 2. The van der Waals surface area contributed by atoms with E-state index in [0.717, 1.165) is 20.7 Å². The smallest absolute Gasteiger partial charge is 0.123 e. The summed E-state index contributed by atoms with van der Waals surface area (Å²) in [6, 6.07) is 10.2. The lowest BCUT2D eigenvalue weighted by Crippen LogP contribution is -1.74. The maximum Gasteiger partial charge on any atom is 0.123 e. The molecule has 1 aromatic carbocycles. The van der Waals surface area contributed by atoms with Gasteiger partial charge in [-0.25, -0.2) is 4.39 Å². The van der Waals surface area contributed by atoms with E-state index >= 15 is 0 Å². The highest BCUT2D eigenvalue weighted by Gasteiger charge is 2.07. The fourth-order valence-corrected chi connectivity index (χ4v) is 2.96. The van der Waals surface area contributed by atoms with Crippen molar-refractivity contribution in [1.82, 2.24) is 4.98 Å². The summed E-state index contributed by atoms with van der Waals surface area (Å²) in [5.41, 5.74) is 1.85. The highest BCUT2D eigenvalue weighted by atomic mass is 35.5. The van der Waals surface area contributed by atoms with Crippen molar-refractivity contribution in [2.45, 2.75) is 0 Å². The molecule has 0 aliphatic heterocycles. The molecule has 0 amide bonds. The molecule has 2 aromatic heterocycles. The van der Waals surface area contributed by atoms with E-state index in [-0.39, 0.29) is 5.82 Å². The van der Waals surface area contributed by atoms with Crippen LogP contribution < -0.4 is 0 Å². The summed E-state index contributed by atoms with van der Waals surface area (Å²) in [4.78, 5) is 5.30. The normalized spacial score (nSPS) is 10.9. The lowest BCUT2D eigenvalue weighted by molar-refractivity contribution is 0.628. The molecule has 0 radical (unpaired) electrons. The van der Waals surface area contributed by atoms with E-state index < -0.39 is 0 Å². The molecule has 0 N–H and O–H groups in total. The van der Waals surface area contributed by atoms with Crippen LogP contribution in [0.3, 0.4) is 0 Å². The Labute approximate surface area is 106 Å². The van der Waals surface area contributed by atoms with Crippen LogP contribution in [0.25, 0.3) is 20.7 Å². The van der Waals surface area contributed by atoms with Crippen molar-refractivity contribution < 1.29 is 4.39 Å². The maximum absolute atomic E-state index is 12.8. The van der Waals surface area contributed by atoms with E-state index in [1.54, 1.807) is 35.7 Å². The van der Waals surface area contributed by atoms with Gasteiger partial charge in [-0.15, -0.1) is 11.3 Å². The molecule has 2 heterocycles. The van der Waals surface area contributed by atoms with Crippen molar-refractivity contribution in [2.75, 3.05) is 0 Å². The van der Waals surface area contributed by atoms with Gasteiger partial charge in [0.2, 0.25) is 0 Å². The quantitative estimate of drug-likeness (QED) is 0.617. The van der Waals surface area contributed by atoms with Gasteiger partial charge in [-0.3, -0.25) is 4.98 Å². The number of fused-ring (bicyclic) bond motifs is 1. The van der Waals surface area contributed by atoms with Crippen LogP contribution in [0, 0.1) is 5.82 Å². The Morgan fingerprint density at radius 2 is 1.88 bits per heavy atom. The van der Waals surface area contributed by atoms with Gasteiger partial charge in [0.1, 0.15) is 5.82 Å². The number of benzene rings is 1. The highest BCUT2D eigenvalue weighted by Crippen LogP contribution is 2.35. The van der Waals surface area contributed by atoms with Gasteiger partial charge >= 0.3 is 0 Å². The summed E-state index contributed by atoms with van der Waals surface area (Å²) >= 11 is 7.66. The summed E-state index contributed by atoms with van der Waals surface area (Å²) in [5.74, 6) is -0.231. The van der Waals surface area contributed by atoms with Gasteiger partial charge in [0.15, 0.2) is 0 Å². The van der Waals surface area contributed by atoms with E-state index in [2.05, 4.69) is 4.98 Å². The number of nitrogens with zero attached hydrogens (tertiary/aromatic N) is 1. The number of thiophene rings is 1. The Kier molecular flexibility index (Phi) is 2.57. The molecule has 84 valence electrons. The predicted octanol–water partition coefficient (Wildman–Crippen LogP) is 4.76. The topological polar surface area (TPSA) is 12.9 Å². The zero-order valence-corrected chi connectivity index (χ0v) is 10.2. The SMILES string of the molecule is Fc1ccc(-c2cc3nccc(Cl)c3s2)cc1. The van der Waals surface area contributed by atoms with Gasteiger partial charge in [0, 0.05) is 11.1 Å². The second-order valence-electron chi connectivity index (χ2n) is 3.62. The van der Waals surface area contributed by atoms with Gasteiger partial charge in [-0.2, -0.15) is 0 Å². The van der Waals surface area contributed by atoms with E-state index in [1.165, 1.54) is 12.1 Å². The molecular weight excluding hydrogens is 257 g/mol. The number of hydrogen-bond donors (Lipinski definition) is 0. The van der Waals surface area contributed by atoms with Crippen LogP contribution in [0.2, 0.25) is 5.02 Å². The Morgan fingerprint density at radius 3 is 2.59 bits per heavy atom. The number of pyridine rings is 1. The second-order valence-corrected chi connectivity index (χ2v) is 5.08. The van der Waals surface area contributed by atoms with Crippen LogP contribution in [-0.2, 0) is 0 Å². The van der Waals surface area contributed by atoms with Crippen LogP contribution in [0.4, 0.5) is 4.39 Å². The molecule has 3 rings (SSSR count). The molecule has 3 aromatic rings. The molecule has 0 fully saturated rings. The molecule has 0 aliphatic rings. The van der Waals surface area contributed by atoms with Crippen molar-refractivity contribution in [1.29, 1.82) is 0 Å². The zero-order valence-electron chi connectivity index (χ0n) is 8.65. The molecule has 4 heteroatoms. The molecule has 0 saturated heterocycles. The van der Waals surface area contributed by atoms with Gasteiger partial charge in [-0.1, -0.05) is 23.7 Å².